The number of aryl methyl sites for hydroxylation is 1. The zero-order valence-corrected chi connectivity index (χ0v) is 15.1. The van der Waals surface area contributed by atoms with Crippen LogP contribution in [-0.4, -0.2) is 19.1 Å². The van der Waals surface area contributed by atoms with E-state index in [2.05, 4.69) is 30.4 Å². The SMILES string of the molecule is CCCC(C(=O)NC1CCc2cccc(OC)c2C1)c1ccccc1. The summed E-state index contributed by atoms with van der Waals surface area (Å²) in [5, 5.41) is 3.30. The molecule has 2 aromatic carbocycles. The standard InChI is InChI=1S/C22H27NO2/c1-3-8-19(16-9-5-4-6-10-16)22(24)23-18-14-13-17-11-7-12-21(25-2)20(17)15-18/h4-7,9-12,18-19H,3,8,13-15H2,1-2H3,(H,23,24). The second-order valence-corrected chi connectivity index (χ2v) is 6.80. The monoisotopic (exact) mass is 337 g/mol. The van der Waals surface area contributed by atoms with Crippen LogP contribution in [0.5, 0.6) is 5.75 Å². The van der Waals surface area contributed by atoms with E-state index in [0.29, 0.717) is 0 Å². The van der Waals surface area contributed by atoms with Gasteiger partial charge in [-0.1, -0.05) is 55.8 Å². The molecule has 0 spiro atoms. The third-order valence-electron chi connectivity index (χ3n) is 5.10. The molecule has 0 saturated carbocycles. The van der Waals surface area contributed by atoms with Crippen molar-refractivity contribution in [1.29, 1.82) is 0 Å². The molecule has 1 amide bonds. The highest BCUT2D eigenvalue weighted by Gasteiger charge is 2.26. The predicted molar refractivity (Wildman–Crippen MR) is 101 cm³/mol. The highest BCUT2D eigenvalue weighted by molar-refractivity contribution is 5.84. The Morgan fingerprint density at radius 3 is 2.72 bits per heavy atom. The highest BCUT2D eigenvalue weighted by Crippen LogP contribution is 2.30. The first kappa shape index (κ1) is 17.5. The lowest BCUT2D eigenvalue weighted by Gasteiger charge is -2.28. The van der Waals surface area contributed by atoms with Crippen LogP contribution in [0.2, 0.25) is 0 Å². The molecule has 2 aromatic rings. The maximum atomic E-state index is 12.9. The molecule has 1 N–H and O–H groups in total. The van der Waals surface area contributed by atoms with E-state index in [9.17, 15) is 4.79 Å². The molecule has 0 radical (unpaired) electrons. The maximum Gasteiger partial charge on any atom is 0.227 e. The fourth-order valence-corrected chi connectivity index (χ4v) is 3.79. The molecule has 132 valence electrons. The molecule has 3 nitrogen and oxygen atoms in total. The Morgan fingerprint density at radius 1 is 1.20 bits per heavy atom. The number of nitrogens with one attached hydrogen (secondary N) is 1. The molecule has 0 saturated heterocycles. The van der Waals surface area contributed by atoms with Crippen molar-refractivity contribution in [1.82, 2.24) is 5.32 Å². The van der Waals surface area contributed by atoms with Crippen LogP contribution in [0.3, 0.4) is 0 Å². The lowest BCUT2D eigenvalue weighted by Crippen LogP contribution is -2.41. The summed E-state index contributed by atoms with van der Waals surface area (Å²) in [7, 11) is 1.71. The van der Waals surface area contributed by atoms with Crippen molar-refractivity contribution in [3.8, 4) is 5.75 Å². The molecule has 25 heavy (non-hydrogen) atoms. The minimum absolute atomic E-state index is 0.0646. The van der Waals surface area contributed by atoms with Gasteiger partial charge in [0.05, 0.1) is 13.0 Å². The van der Waals surface area contributed by atoms with Gasteiger partial charge in [0.25, 0.3) is 0 Å². The molecular weight excluding hydrogens is 310 g/mol. The number of amides is 1. The van der Waals surface area contributed by atoms with Crippen molar-refractivity contribution >= 4 is 5.91 Å². The summed E-state index contributed by atoms with van der Waals surface area (Å²) in [6.45, 7) is 2.13. The second-order valence-electron chi connectivity index (χ2n) is 6.80. The van der Waals surface area contributed by atoms with Crippen LogP contribution in [0.25, 0.3) is 0 Å². The number of ether oxygens (including phenoxy) is 1. The van der Waals surface area contributed by atoms with Gasteiger partial charge in [-0.15, -0.1) is 0 Å². The Hall–Kier alpha value is -2.29. The minimum Gasteiger partial charge on any atom is -0.496 e. The second kappa shape index (κ2) is 8.19. The summed E-state index contributed by atoms with van der Waals surface area (Å²) in [6.07, 6.45) is 4.69. The number of carbonyl (C=O) groups is 1. The summed E-state index contributed by atoms with van der Waals surface area (Å²) in [4.78, 5) is 12.9. The normalized spacial score (nSPS) is 17.4. The topological polar surface area (TPSA) is 38.3 Å². The van der Waals surface area contributed by atoms with Gasteiger partial charge in [-0.05, 0) is 48.4 Å². The number of hydrogen-bond donors (Lipinski definition) is 1. The quantitative estimate of drug-likeness (QED) is 0.855. The number of rotatable bonds is 6. The molecule has 0 fully saturated rings. The summed E-state index contributed by atoms with van der Waals surface area (Å²) in [5.74, 6) is 1.02. The van der Waals surface area contributed by atoms with E-state index >= 15 is 0 Å². The van der Waals surface area contributed by atoms with Crippen molar-refractivity contribution in [3.05, 3.63) is 65.2 Å². The van der Waals surface area contributed by atoms with E-state index in [1.165, 1.54) is 11.1 Å². The molecule has 0 aliphatic heterocycles. The molecule has 2 unspecified atom stereocenters. The van der Waals surface area contributed by atoms with Gasteiger partial charge in [-0.25, -0.2) is 0 Å². The Balaban J connectivity index is 1.72. The van der Waals surface area contributed by atoms with E-state index in [1.807, 2.05) is 30.3 Å². The van der Waals surface area contributed by atoms with E-state index in [0.717, 1.165) is 43.4 Å². The fraction of sp³-hybridized carbons (Fsp3) is 0.409. The van der Waals surface area contributed by atoms with Crippen LogP contribution in [-0.2, 0) is 17.6 Å². The Labute approximate surface area is 150 Å². The van der Waals surface area contributed by atoms with E-state index in [4.69, 9.17) is 4.74 Å². The highest BCUT2D eigenvalue weighted by atomic mass is 16.5. The van der Waals surface area contributed by atoms with Crippen LogP contribution in [0.1, 0.15) is 48.8 Å². The Morgan fingerprint density at radius 2 is 2.00 bits per heavy atom. The third kappa shape index (κ3) is 4.04. The van der Waals surface area contributed by atoms with Crippen molar-refractivity contribution in [2.45, 2.75) is 51.0 Å². The molecular formula is C22H27NO2. The van der Waals surface area contributed by atoms with Gasteiger partial charge < -0.3 is 10.1 Å². The van der Waals surface area contributed by atoms with Gasteiger partial charge >= 0.3 is 0 Å². The van der Waals surface area contributed by atoms with Gasteiger partial charge in [-0.2, -0.15) is 0 Å². The average molecular weight is 337 g/mol. The van der Waals surface area contributed by atoms with Gasteiger partial charge in [0.2, 0.25) is 5.91 Å². The van der Waals surface area contributed by atoms with E-state index in [-0.39, 0.29) is 17.9 Å². The van der Waals surface area contributed by atoms with Crippen LogP contribution >= 0.6 is 0 Å². The summed E-state index contributed by atoms with van der Waals surface area (Å²) >= 11 is 0. The van der Waals surface area contributed by atoms with Gasteiger partial charge in [0.1, 0.15) is 5.75 Å². The minimum atomic E-state index is -0.0646. The van der Waals surface area contributed by atoms with Crippen LogP contribution in [0.15, 0.2) is 48.5 Å². The summed E-state index contributed by atoms with van der Waals surface area (Å²) in [5.41, 5.74) is 3.70. The van der Waals surface area contributed by atoms with Crippen molar-refractivity contribution in [2.24, 2.45) is 0 Å². The molecule has 0 aromatic heterocycles. The molecule has 1 aliphatic rings. The van der Waals surface area contributed by atoms with Gasteiger partial charge in [-0.3, -0.25) is 4.79 Å². The zero-order valence-electron chi connectivity index (χ0n) is 15.1. The number of carbonyl (C=O) groups excluding carboxylic acids is 1. The van der Waals surface area contributed by atoms with Crippen molar-refractivity contribution in [2.75, 3.05) is 7.11 Å². The molecule has 0 heterocycles. The number of hydrogen-bond acceptors (Lipinski definition) is 2. The zero-order chi connectivity index (χ0) is 17.6. The lowest BCUT2D eigenvalue weighted by atomic mass is 9.86. The van der Waals surface area contributed by atoms with Gasteiger partial charge in [0.15, 0.2) is 0 Å². The van der Waals surface area contributed by atoms with E-state index in [1.54, 1.807) is 7.11 Å². The lowest BCUT2D eigenvalue weighted by molar-refractivity contribution is -0.123. The number of fused-ring (bicyclic) bond motifs is 1. The smallest absolute Gasteiger partial charge is 0.227 e. The first-order chi connectivity index (χ1) is 12.2. The van der Waals surface area contributed by atoms with Crippen molar-refractivity contribution < 1.29 is 9.53 Å². The summed E-state index contributed by atoms with van der Waals surface area (Å²) in [6, 6.07) is 16.5. The maximum absolute atomic E-state index is 12.9. The Kier molecular flexibility index (Phi) is 5.75. The van der Waals surface area contributed by atoms with Gasteiger partial charge in [0, 0.05) is 6.04 Å². The average Bonchev–Trinajstić information content (AvgIpc) is 2.66. The molecule has 0 bridgehead atoms. The fourth-order valence-electron chi connectivity index (χ4n) is 3.79. The first-order valence-electron chi connectivity index (χ1n) is 9.23. The molecule has 2 atom stereocenters. The largest absolute Gasteiger partial charge is 0.496 e. The molecule has 3 heteroatoms. The predicted octanol–water partition coefficient (Wildman–Crippen LogP) is 4.25. The number of benzene rings is 2. The van der Waals surface area contributed by atoms with E-state index < -0.39 is 0 Å². The molecule has 3 rings (SSSR count). The van der Waals surface area contributed by atoms with Crippen LogP contribution < -0.4 is 10.1 Å². The first-order valence-corrected chi connectivity index (χ1v) is 9.23. The van der Waals surface area contributed by atoms with Crippen LogP contribution in [0.4, 0.5) is 0 Å². The number of methoxy groups -OCH3 is 1. The van der Waals surface area contributed by atoms with Crippen LogP contribution in [0, 0.1) is 0 Å². The van der Waals surface area contributed by atoms with Crippen molar-refractivity contribution in [3.63, 3.8) is 0 Å². The third-order valence-corrected chi connectivity index (χ3v) is 5.10. The Bertz CT molecular complexity index is 697. The summed E-state index contributed by atoms with van der Waals surface area (Å²) < 4.78 is 5.51. The molecule has 1 aliphatic carbocycles.